The highest BCUT2D eigenvalue weighted by Gasteiger charge is 2.11. The molecule has 16 heavy (non-hydrogen) atoms. The molecular weight excluding hydrogens is 210 g/mol. The van der Waals surface area contributed by atoms with E-state index >= 15 is 0 Å². The second kappa shape index (κ2) is 4.43. The van der Waals surface area contributed by atoms with Crippen LogP contribution in [-0.2, 0) is 0 Å². The first-order valence-electron chi connectivity index (χ1n) is 4.58. The van der Waals surface area contributed by atoms with Crippen LogP contribution >= 0.6 is 0 Å². The molecule has 6 heteroatoms. The number of nitrogens with one attached hydrogen (secondary N) is 1. The summed E-state index contributed by atoms with van der Waals surface area (Å²) in [6, 6.07) is 9.09. The molecule has 0 atom stereocenters. The molecule has 1 heterocycles. The van der Waals surface area contributed by atoms with E-state index in [2.05, 4.69) is 15.5 Å². The number of nitrogens with zero attached hydrogens (tertiary/aromatic N) is 2. The van der Waals surface area contributed by atoms with Gasteiger partial charge in [-0.3, -0.25) is 0 Å². The Labute approximate surface area is 91.2 Å². The maximum absolute atomic E-state index is 10.9. The van der Waals surface area contributed by atoms with E-state index in [0.717, 1.165) is 5.56 Å². The van der Waals surface area contributed by atoms with E-state index in [9.17, 15) is 4.79 Å². The zero-order valence-electron chi connectivity index (χ0n) is 8.51. The lowest BCUT2D eigenvalue weighted by molar-refractivity contribution is 0.196. The SMILES string of the molecule is CNC(=O)Oc1noc(-c2ccccc2)n1. The second-order valence-corrected chi connectivity index (χ2v) is 2.89. The Morgan fingerprint density at radius 3 is 2.81 bits per heavy atom. The Kier molecular flexibility index (Phi) is 2.81. The number of hydrogen-bond acceptors (Lipinski definition) is 5. The van der Waals surface area contributed by atoms with Crippen LogP contribution in [0.4, 0.5) is 4.79 Å². The Morgan fingerprint density at radius 1 is 1.38 bits per heavy atom. The highest BCUT2D eigenvalue weighted by Crippen LogP contribution is 2.18. The summed E-state index contributed by atoms with van der Waals surface area (Å²) >= 11 is 0. The van der Waals surface area contributed by atoms with E-state index in [1.54, 1.807) is 0 Å². The Hall–Kier alpha value is -2.37. The van der Waals surface area contributed by atoms with Crippen molar-refractivity contribution in [3.63, 3.8) is 0 Å². The Bertz CT molecular complexity index is 481. The molecule has 0 spiro atoms. The summed E-state index contributed by atoms with van der Waals surface area (Å²) in [5.41, 5.74) is 0.766. The predicted molar refractivity (Wildman–Crippen MR) is 54.8 cm³/mol. The van der Waals surface area contributed by atoms with Crippen LogP contribution in [0.3, 0.4) is 0 Å². The highest BCUT2D eigenvalue weighted by molar-refractivity contribution is 5.69. The van der Waals surface area contributed by atoms with E-state index in [-0.39, 0.29) is 6.01 Å². The summed E-state index contributed by atoms with van der Waals surface area (Å²) < 4.78 is 9.63. The molecule has 0 bridgehead atoms. The van der Waals surface area contributed by atoms with Crippen LogP contribution in [0, 0.1) is 0 Å². The van der Waals surface area contributed by atoms with E-state index in [0.29, 0.717) is 5.89 Å². The third-order valence-electron chi connectivity index (χ3n) is 1.82. The fourth-order valence-corrected chi connectivity index (χ4v) is 1.08. The van der Waals surface area contributed by atoms with Crippen molar-refractivity contribution in [3.05, 3.63) is 30.3 Å². The molecule has 0 aliphatic carbocycles. The Morgan fingerprint density at radius 2 is 2.12 bits per heavy atom. The quantitative estimate of drug-likeness (QED) is 0.827. The largest absolute Gasteiger partial charge is 0.414 e. The number of ether oxygens (including phenoxy) is 1. The third-order valence-corrected chi connectivity index (χ3v) is 1.82. The Balaban J connectivity index is 2.17. The van der Waals surface area contributed by atoms with Crippen molar-refractivity contribution in [2.75, 3.05) is 7.05 Å². The molecule has 6 nitrogen and oxygen atoms in total. The molecule has 2 aromatic rings. The molecule has 0 unspecified atom stereocenters. The van der Waals surface area contributed by atoms with E-state index in [4.69, 9.17) is 9.26 Å². The topological polar surface area (TPSA) is 77.2 Å². The molecule has 2 rings (SSSR count). The van der Waals surface area contributed by atoms with Gasteiger partial charge in [0.1, 0.15) is 0 Å². The maximum Gasteiger partial charge on any atom is 0.414 e. The first-order valence-corrected chi connectivity index (χ1v) is 4.58. The summed E-state index contributed by atoms with van der Waals surface area (Å²) in [4.78, 5) is 14.8. The minimum absolute atomic E-state index is 0.113. The van der Waals surface area contributed by atoms with Gasteiger partial charge in [0.2, 0.25) is 0 Å². The lowest BCUT2D eigenvalue weighted by Gasteiger charge is -1.94. The summed E-state index contributed by atoms with van der Waals surface area (Å²) in [6.07, 6.45) is -0.639. The average Bonchev–Trinajstić information content (AvgIpc) is 2.78. The van der Waals surface area contributed by atoms with Gasteiger partial charge in [-0.2, -0.15) is 4.98 Å². The van der Waals surface area contributed by atoms with Gasteiger partial charge in [0.25, 0.3) is 5.89 Å². The summed E-state index contributed by atoms with van der Waals surface area (Å²) in [6.45, 7) is 0. The zero-order valence-corrected chi connectivity index (χ0v) is 8.51. The van der Waals surface area contributed by atoms with Gasteiger partial charge in [-0.05, 0) is 17.3 Å². The van der Waals surface area contributed by atoms with Gasteiger partial charge in [-0.1, -0.05) is 18.2 Å². The number of amides is 1. The number of carbonyl (C=O) groups excluding carboxylic acids is 1. The van der Waals surface area contributed by atoms with Crippen molar-refractivity contribution in [3.8, 4) is 17.5 Å². The molecule has 0 fully saturated rings. The molecule has 1 amide bonds. The van der Waals surface area contributed by atoms with Gasteiger partial charge in [0, 0.05) is 12.6 Å². The highest BCUT2D eigenvalue weighted by atomic mass is 16.6. The number of benzene rings is 1. The minimum atomic E-state index is -0.639. The first-order chi connectivity index (χ1) is 7.79. The lowest BCUT2D eigenvalue weighted by atomic mass is 10.2. The standard InChI is InChI=1S/C10H9N3O3/c1-11-10(14)15-9-12-8(16-13-9)7-5-3-2-4-6-7/h2-6H,1H3,(H,11,14). The fourth-order valence-electron chi connectivity index (χ4n) is 1.08. The van der Waals surface area contributed by atoms with Crippen LogP contribution in [0.2, 0.25) is 0 Å². The van der Waals surface area contributed by atoms with Gasteiger partial charge in [-0.15, -0.1) is 0 Å². The van der Waals surface area contributed by atoms with E-state index < -0.39 is 6.09 Å². The number of rotatable bonds is 2. The number of aromatic nitrogens is 2. The molecule has 1 N–H and O–H groups in total. The minimum Gasteiger partial charge on any atom is -0.372 e. The van der Waals surface area contributed by atoms with Gasteiger partial charge < -0.3 is 14.6 Å². The molecule has 82 valence electrons. The first kappa shape index (κ1) is 10.2. The van der Waals surface area contributed by atoms with Crippen molar-refractivity contribution < 1.29 is 14.1 Å². The van der Waals surface area contributed by atoms with Crippen molar-refractivity contribution in [1.82, 2.24) is 15.5 Å². The van der Waals surface area contributed by atoms with Crippen molar-refractivity contribution >= 4 is 6.09 Å². The predicted octanol–water partition coefficient (Wildman–Crippen LogP) is 1.45. The van der Waals surface area contributed by atoms with Crippen LogP contribution in [-0.4, -0.2) is 23.3 Å². The molecule has 0 saturated carbocycles. The summed E-state index contributed by atoms with van der Waals surface area (Å²) in [7, 11) is 1.44. The normalized spacial score (nSPS) is 9.81. The van der Waals surface area contributed by atoms with Crippen molar-refractivity contribution in [2.24, 2.45) is 0 Å². The maximum atomic E-state index is 10.9. The van der Waals surface area contributed by atoms with Crippen LogP contribution in [0.15, 0.2) is 34.9 Å². The van der Waals surface area contributed by atoms with Crippen LogP contribution in [0.1, 0.15) is 0 Å². The fraction of sp³-hybridized carbons (Fsp3) is 0.100. The monoisotopic (exact) mass is 219 g/mol. The van der Waals surface area contributed by atoms with Gasteiger partial charge in [-0.25, -0.2) is 4.79 Å². The number of carbonyl (C=O) groups is 1. The van der Waals surface area contributed by atoms with Crippen molar-refractivity contribution in [2.45, 2.75) is 0 Å². The van der Waals surface area contributed by atoms with E-state index in [1.165, 1.54) is 7.05 Å². The smallest absolute Gasteiger partial charge is 0.372 e. The molecular formula is C10H9N3O3. The third kappa shape index (κ3) is 2.17. The van der Waals surface area contributed by atoms with E-state index in [1.807, 2.05) is 30.3 Å². The summed E-state index contributed by atoms with van der Waals surface area (Å²) in [5.74, 6) is 0.305. The van der Waals surface area contributed by atoms with Crippen LogP contribution < -0.4 is 10.1 Å². The van der Waals surface area contributed by atoms with Gasteiger partial charge >= 0.3 is 12.1 Å². The molecule has 1 aromatic heterocycles. The second-order valence-electron chi connectivity index (χ2n) is 2.89. The summed E-state index contributed by atoms with van der Waals surface area (Å²) in [5, 5.41) is 5.79. The van der Waals surface area contributed by atoms with Crippen LogP contribution in [0.25, 0.3) is 11.5 Å². The molecule has 0 aliphatic heterocycles. The zero-order chi connectivity index (χ0) is 11.4. The molecule has 0 radical (unpaired) electrons. The molecule has 0 aliphatic rings. The molecule has 0 saturated heterocycles. The van der Waals surface area contributed by atoms with Crippen LogP contribution in [0.5, 0.6) is 6.01 Å². The number of hydrogen-bond donors (Lipinski definition) is 1. The van der Waals surface area contributed by atoms with Crippen molar-refractivity contribution in [1.29, 1.82) is 0 Å². The lowest BCUT2D eigenvalue weighted by Crippen LogP contribution is -2.22. The van der Waals surface area contributed by atoms with Gasteiger partial charge in [0.15, 0.2) is 0 Å². The molecule has 1 aromatic carbocycles. The average molecular weight is 219 g/mol. The van der Waals surface area contributed by atoms with Gasteiger partial charge in [0.05, 0.1) is 0 Å².